The van der Waals surface area contributed by atoms with Crippen molar-refractivity contribution in [3.63, 3.8) is 0 Å². The van der Waals surface area contributed by atoms with Crippen molar-refractivity contribution >= 4 is 39.2 Å². The van der Waals surface area contributed by atoms with Gasteiger partial charge in [-0.2, -0.15) is 0 Å². The van der Waals surface area contributed by atoms with Crippen LogP contribution >= 0.6 is 15.9 Å². The molecule has 8 nitrogen and oxygen atoms in total. The monoisotopic (exact) mass is 713 g/mol. The number of Topliss-reactive ketones (excluding diaryl/α,β-unsaturated/α-hetero) is 1. The Labute approximate surface area is 291 Å². The molecule has 3 aromatic carbocycles. The van der Waals surface area contributed by atoms with Gasteiger partial charge in [0.2, 0.25) is 11.8 Å². The van der Waals surface area contributed by atoms with Gasteiger partial charge in [0.25, 0.3) is 5.56 Å². The van der Waals surface area contributed by atoms with Crippen LogP contribution in [0.3, 0.4) is 0 Å². The second-order valence-corrected chi connectivity index (χ2v) is 14.2. The summed E-state index contributed by atoms with van der Waals surface area (Å²) in [5.74, 6) is -0.102. The van der Waals surface area contributed by atoms with Gasteiger partial charge in [0.15, 0.2) is 0 Å². The van der Waals surface area contributed by atoms with Crippen molar-refractivity contribution in [3.8, 4) is 5.75 Å². The molecule has 0 aliphatic heterocycles. The van der Waals surface area contributed by atoms with Crippen molar-refractivity contribution in [2.45, 2.75) is 78.3 Å². The number of nitrogens with zero attached hydrogens (tertiary/aromatic N) is 1. The maximum Gasteiger partial charge on any atom is 0.274 e. The average Bonchev–Trinajstić information content (AvgIpc) is 3.05. The van der Waals surface area contributed by atoms with Gasteiger partial charge in [-0.3, -0.25) is 19.2 Å². The number of methoxy groups -OCH3 is 1. The second-order valence-electron chi connectivity index (χ2n) is 13.3. The fraction of sp³-hybridized carbons (Fsp3) is 0.333. The summed E-state index contributed by atoms with van der Waals surface area (Å²) in [5, 5.41) is 5.84. The summed E-state index contributed by atoms with van der Waals surface area (Å²) in [5.41, 5.74) is 3.12. The lowest BCUT2D eigenvalue weighted by atomic mass is 9.81. The molecule has 4 aromatic rings. The van der Waals surface area contributed by atoms with Crippen molar-refractivity contribution in [1.82, 2.24) is 9.88 Å². The van der Waals surface area contributed by atoms with Gasteiger partial charge in [-0.25, -0.2) is 0 Å². The van der Waals surface area contributed by atoms with Gasteiger partial charge in [-0.1, -0.05) is 66.2 Å². The number of rotatable bonds is 12. The Morgan fingerprint density at radius 3 is 1.94 bits per heavy atom. The van der Waals surface area contributed by atoms with Gasteiger partial charge in [0.05, 0.1) is 19.1 Å². The molecular weight excluding hydrogens is 670 g/mol. The molecule has 1 aromatic heterocycles. The zero-order chi connectivity index (χ0) is 35.4. The van der Waals surface area contributed by atoms with E-state index < -0.39 is 22.8 Å². The van der Waals surface area contributed by atoms with Gasteiger partial charge in [-0.15, -0.1) is 0 Å². The number of carbonyl (C=O) groups is 3. The Balaban J connectivity index is 1.67. The predicted octanol–water partition coefficient (Wildman–Crippen LogP) is 6.79. The maximum absolute atomic E-state index is 14.1. The summed E-state index contributed by atoms with van der Waals surface area (Å²) >= 11 is 3.55. The van der Waals surface area contributed by atoms with E-state index in [-0.39, 0.29) is 35.9 Å². The number of aryl methyl sites for hydroxylation is 1. The van der Waals surface area contributed by atoms with E-state index in [0.717, 1.165) is 27.8 Å². The number of pyridine rings is 1. The highest BCUT2D eigenvalue weighted by Gasteiger charge is 2.34. The van der Waals surface area contributed by atoms with E-state index in [1.165, 1.54) is 4.57 Å². The topological polar surface area (TPSA) is 106 Å². The minimum absolute atomic E-state index is 0.0418. The van der Waals surface area contributed by atoms with E-state index in [1.807, 2.05) is 107 Å². The molecule has 2 amide bonds. The zero-order valence-electron chi connectivity index (χ0n) is 28.9. The number of ether oxygens (including phenoxy) is 1. The minimum atomic E-state index is -1.01. The molecule has 0 saturated heterocycles. The molecule has 1 heterocycles. The smallest absolute Gasteiger partial charge is 0.274 e. The van der Waals surface area contributed by atoms with Crippen LogP contribution in [-0.2, 0) is 38.2 Å². The molecule has 0 aliphatic carbocycles. The molecule has 0 saturated carbocycles. The molecule has 0 unspecified atom stereocenters. The Morgan fingerprint density at radius 1 is 0.833 bits per heavy atom. The molecule has 0 bridgehead atoms. The van der Waals surface area contributed by atoms with Gasteiger partial charge < -0.3 is 19.9 Å². The normalized spacial score (nSPS) is 12.3. The number of halogens is 1. The molecule has 2 N–H and O–H groups in total. The van der Waals surface area contributed by atoms with Crippen LogP contribution in [0.25, 0.3) is 0 Å². The summed E-state index contributed by atoms with van der Waals surface area (Å²) in [6.45, 7) is 12.9. The van der Waals surface area contributed by atoms with Crippen LogP contribution < -0.4 is 20.9 Å². The van der Waals surface area contributed by atoms with Crippen molar-refractivity contribution < 1.29 is 19.1 Å². The highest BCUT2D eigenvalue weighted by molar-refractivity contribution is 9.10. The minimum Gasteiger partial charge on any atom is -0.497 e. The molecule has 0 spiro atoms. The number of hydrogen-bond acceptors (Lipinski definition) is 5. The third kappa shape index (κ3) is 8.13. The Bertz CT molecular complexity index is 1860. The molecule has 0 aliphatic rings. The second kappa shape index (κ2) is 14.7. The number of carbonyl (C=O) groups excluding carboxylic acids is 3. The van der Waals surface area contributed by atoms with Crippen molar-refractivity contribution in [1.29, 1.82) is 0 Å². The highest BCUT2D eigenvalue weighted by Crippen LogP contribution is 2.27. The van der Waals surface area contributed by atoms with Gasteiger partial charge in [0.1, 0.15) is 23.3 Å². The molecular formula is C39H44BrN3O5. The summed E-state index contributed by atoms with van der Waals surface area (Å²) in [7, 11) is 1.59. The van der Waals surface area contributed by atoms with E-state index in [1.54, 1.807) is 27.2 Å². The SMILES string of the molecule is COc1ccc(Cn2cc(Br)c(C)c(NC(=O)[C@H](Cc3ccc(C(C)(C)C(C)=O)cc3)NC(=O)C(C)(C)c3ccc(C)cc3)c2=O)cc1. The first kappa shape index (κ1) is 36.3. The highest BCUT2D eigenvalue weighted by atomic mass is 79.9. The first-order valence-corrected chi connectivity index (χ1v) is 16.7. The Morgan fingerprint density at radius 2 is 1.38 bits per heavy atom. The molecule has 4 rings (SSSR count). The molecule has 9 heteroatoms. The van der Waals surface area contributed by atoms with E-state index in [4.69, 9.17) is 4.74 Å². The number of anilines is 1. The van der Waals surface area contributed by atoms with Crippen LogP contribution in [0.4, 0.5) is 5.69 Å². The standard InChI is InChI=1S/C39H44BrN3O5/c1-24-9-15-30(16-10-24)39(6,7)37(47)41-33(21-27-11-17-29(18-12-27)38(4,5)26(3)44)35(45)42-34-25(2)32(40)23-43(36(34)46)22-28-13-19-31(48-8)20-14-28/h9-20,23,33H,21-22H2,1-8H3,(H,41,47)(H,42,45)/t33-/m0/s1. The molecule has 0 fully saturated rings. The first-order chi connectivity index (χ1) is 22.5. The summed E-state index contributed by atoms with van der Waals surface area (Å²) in [6.07, 6.45) is 1.86. The fourth-order valence-corrected chi connectivity index (χ4v) is 5.71. The zero-order valence-corrected chi connectivity index (χ0v) is 30.4. The van der Waals surface area contributed by atoms with Gasteiger partial charge in [-0.05, 0) is 104 Å². The number of hydrogen-bond donors (Lipinski definition) is 2. The largest absolute Gasteiger partial charge is 0.497 e. The number of ketones is 1. The predicted molar refractivity (Wildman–Crippen MR) is 194 cm³/mol. The maximum atomic E-state index is 14.1. The number of amides is 2. The summed E-state index contributed by atoms with van der Waals surface area (Å²) in [4.78, 5) is 53.9. The molecule has 48 heavy (non-hydrogen) atoms. The Hall–Kier alpha value is -4.50. The lowest BCUT2D eigenvalue weighted by Gasteiger charge is -2.28. The van der Waals surface area contributed by atoms with Crippen LogP contribution in [0, 0.1) is 13.8 Å². The van der Waals surface area contributed by atoms with Crippen molar-refractivity contribution in [2.24, 2.45) is 0 Å². The lowest BCUT2D eigenvalue weighted by molar-refractivity contribution is -0.129. The van der Waals surface area contributed by atoms with Gasteiger partial charge in [0, 0.05) is 22.5 Å². The van der Waals surface area contributed by atoms with Crippen LogP contribution in [0.5, 0.6) is 5.75 Å². The average molecular weight is 715 g/mol. The molecule has 1 atom stereocenters. The van der Waals surface area contributed by atoms with Crippen LogP contribution in [0.15, 0.2) is 88.3 Å². The number of nitrogens with one attached hydrogen (secondary N) is 2. The van der Waals surface area contributed by atoms with E-state index in [2.05, 4.69) is 26.6 Å². The summed E-state index contributed by atoms with van der Waals surface area (Å²) in [6, 6.07) is 21.6. The third-order valence-corrected chi connectivity index (χ3v) is 10.00. The van der Waals surface area contributed by atoms with E-state index >= 15 is 0 Å². The summed E-state index contributed by atoms with van der Waals surface area (Å²) < 4.78 is 7.42. The quantitative estimate of drug-likeness (QED) is 0.168. The number of aromatic nitrogens is 1. The van der Waals surface area contributed by atoms with Crippen LogP contribution in [0.1, 0.15) is 68.0 Å². The Kier molecular flexibility index (Phi) is 11.1. The number of benzene rings is 3. The van der Waals surface area contributed by atoms with Crippen LogP contribution in [0.2, 0.25) is 0 Å². The fourth-order valence-electron chi connectivity index (χ4n) is 5.26. The first-order valence-electron chi connectivity index (χ1n) is 15.9. The lowest BCUT2D eigenvalue weighted by Crippen LogP contribution is -2.51. The van der Waals surface area contributed by atoms with E-state index in [9.17, 15) is 19.2 Å². The molecule has 252 valence electrons. The van der Waals surface area contributed by atoms with Crippen LogP contribution in [-0.4, -0.2) is 35.3 Å². The van der Waals surface area contributed by atoms with E-state index in [0.29, 0.717) is 15.8 Å². The molecule has 0 radical (unpaired) electrons. The van der Waals surface area contributed by atoms with Crippen molar-refractivity contribution in [2.75, 3.05) is 12.4 Å². The van der Waals surface area contributed by atoms with Gasteiger partial charge >= 0.3 is 0 Å². The third-order valence-electron chi connectivity index (χ3n) is 9.20. The van der Waals surface area contributed by atoms with Crippen molar-refractivity contribution in [3.05, 3.63) is 127 Å².